The first kappa shape index (κ1) is 17.2. The third-order valence-corrected chi connectivity index (χ3v) is 3.35. The van der Waals surface area contributed by atoms with E-state index >= 15 is 0 Å². The van der Waals surface area contributed by atoms with Crippen LogP contribution in [0.3, 0.4) is 0 Å². The van der Waals surface area contributed by atoms with Crippen molar-refractivity contribution >= 4 is 11.6 Å². The molecule has 4 heterocycles. The van der Waals surface area contributed by atoms with Crippen molar-refractivity contribution in [2.24, 2.45) is 0 Å². The van der Waals surface area contributed by atoms with Gasteiger partial charge in [0.15, 0.2) is 5.82 Å². The van der Waals surface area contributed by atoms with Crippen LogP contribution in [0.4, 0.5) is 11.6 Å². The van der Waals surface area contributed by atoms with Gasteiger partial charge in [-0.25, -0.2) is 14.3 Å². The number of nitrogens with one attached hydrogen (secondary N) is 1. The minimum absolute atomic E-state index is 0.433. The van der Waals surface area contributed by atoms with Gasteiger partial charge >= 0.3 is 0 Å². The Morgan fingerprint density at radius 3 is 2.23 bits per heavy atom. The summed E-state index contributed by atoms with van der Waals surface area (Å²) >= 11 is 0. The molecule has 0 radical (unpaired) electrons. The minimum atomic E-state index is 0.433. The summed E-state index contributed by atoms with van der Waals surface area (Å²) in [6.45, 7) is 5.92. The number of hydrogen-bond donors (Lipinski definition) is 1. The molecule has 0 fully saturated rings. The lowest BCUT2D eigenvalue weighted by atomic mass is 10.3. The monoisotopic (exact) mass is 349 g/mol. The van der Waals surface area contributed by atoms with Crippen LogP contribution in [0, 0.1) is 6.92 Å². The van der Waals surface area contributed by atoms with E-state index in [1.165, 1.54) is 0 Å². The van der Waals surface area contributed by atoms with Gasteiger partial charge in [-0.1, -0.05) is 13.8 Å². The third kappa shape index (κ3) is 3.56. The molecule has 0 aliphatic heterocycles. The highest BCUT2D eigenvalue weighted by molar-refractivity contribution is 5.59. The predicted molar refractivity (Wildman–Crippen MR) is 97.7 cm³/mol. The maximum atomic E-state index is 4.57. The standard InChI is InChI=1S/C15H13N9.C2H6/c1-11-13(20-12-10-16-6-7-17-12)21-15(24-9-3-5-19-24)22-14(11)23-8-2-4-18-23;1-2/h2-10H,1H3,(H,17,20,21,22);1-2H3. The molecular formula is C17H19N9. The molecule has 26 heavy (non-hydrogen) atoms. The zero-order valence-electron chi connectivity index (χ0n) is 14.8. The van der Waals surface area contributed by atoms with Gasteiger partial charge in [-0.15, -0.1) is 0 Å². The van der Waals surface area contributed by atoms with E-state index in [1.54, 1.807) is 46.5 Å². The van der Waals surface area contributed by atoms with Gasteiger partial charge in [0.1, 0.15) is 11.6 Å². The number of hydrogen-bond acceptors (Lipinski definition) is 7. The summed E-state index contributed by atoms with van der Waals surface area (Å²) in [4.78, 5) is 17.4. The van der Waals surface area contributed by atoms with Crippen molar-refractivity contribution < 1.29 is 0 Å². The first-order valence-corrected chi connectivity index (χ1v) is 8.23. The molecular weight excluding hydrogens is 330 g/mol. The van der Waals surface area contributed by atoms with Crippen LogP contribution in [0.25, 0.3) is 11.8 Å². The maximum absolute atomic E-state index is 4.57. The fraction of sp³-hybridized carbons (Fsp3) is 0.176. The van der Waals surface area contributed by atoms with Crippen molar-refractivity contribution in [2.45, 2.75) is 20.8 Å². The lowest BCUT2D eigenvalue weighted by Crippen LogP contribution is -2.12. The lowest BCUT2D eigenvalue weighted by Gasteiger charge is -2.13. The van der Waals surface area contributed by atoms with Crippen LogP contribution in [-0.2, 0) is 0 Å². The molecule has 0 aliphatic rings. The predicted octanol–water partition coefficient (Wildman–Crippen LogP) is 2.72. The summed E-state index contributed by atoms with van der Waals surface area (Å²) in [5, 5.41) is 11.6. The number of nitrogens with zero attached hydrogens (tertiary/aromatic N) is 8. The fourth-order valence-electron chi connectivity index (χ4n) is 2.21. The van der Waals surface area contributed by atoms with E-state index < -0.39 is 0 Å². The Morgan fingerprint density at radius 2 is 1.62 bits per heavy atom. The van der Waals surface area contributed by atoms with Crippen molar-refractivity contribution in [3.8, 4) is 11.8 Å². The van der Waals surface area contributed by atoms with Gasteiger partial charge in [-0.05, 0) is 19.1 Å². The van der Waals surface area contributed by atoms with Gasteiger partial charge in [0.2, 0.25) is 0 Å². The molecule has 0 atom stereocenters. The summed E-state index contributed by atoms with van der Waals surface area (Å²) in [5.41, 5.74) is 0.834. The SMILES string of the molecule is CC.Cc1c(Nc2cnccn2)nc(-n2cccn2)nc1-n1cccn1. The molecule has 1 N–H and O–H groups in total. The number of rotatable bonds is 4. The molecule has 0 saturated heterocycles. The Labute approximate surface area is 150 Å². The van der Waals surface area contributed by atoms with Crippen molar-refractivity contribution in [1.29, 1.82) is 0 Å². The Bertz CT molecular complexity index is 932. The maximum Gasteiger partial charge on any atom is 0.254 e. The Morgan fingerprint density at radius 1 is 0.885 bits per heavy atom. The highest BCUT2D eigenvalue weighted by Gasteiger charge is 2.14. The molecule has 9 nitrogen and oxygen atoms in total. The van der Waals surface area contributed by atoms with E-state index in [0.717, 1.165) is 5.56 Å². The summed E-state index contributed by atoms with van der Waals surface area (Å²) < 4.78 is 3.28. The van der Waals surface area contributed by atoms with Gasteiger partial charge in [0.25, 0.3) is 5.95 Å². The molecule has 0 unspecified atom stereocenters. The average Bonchev–Trinajstić information content (AvgIpc) is 3.40. The lowest BCUT2D eigenvalue weighted by molar-refractivity contribution is 0.770. The van der Waals surface area contributed by atoms with Crippen LogP contribution >= 0.6 is 0 Å². The normalized spacial score (nSPS) is 10.1. The molecule has 0 aromatic carbocycles. The topological polar surface area (TPSA) is 99.2 Å². The van der Waals surface area contributed by atoms with Crippen molar-refractivity contribution in [3.63, 3.8) is 0 Å². The quantitative estimate of drug-likeness (QED) is 0.604. The molecule has 132 valence electrons. The fourth-order valence-corrected chi connectivity index (χ4v) is 2.21. The molecule has 4 aromatic heterocycles. The second kappa shape index (κ2) is 7.97. The van der Waals surface area contributed by atoms with Gasteiger partial charge in [-0.2, -0.15) is 20.2 Å². The molecule has 4 rings (SSSR count). The van der Waals surface area contributed by atoms with Crippen LogP contribution in [0.1, 0.15) is 19.4 Å². The van der Waals surface area contributed by atoms with Gasteiger partial charge in [-0.3, -0.25) is 4.98 Å². The molecule has 0 spiro atoms. The highest BCUT2D eigenvalue weighted by Crippen LogP contribution is 2.22. The first-order chi connectivity index (χ1) is 12.8. The first-order valence-electron chi connectivity index (χ1n) is 8.23. The van der Waals surface area contributed by atoms with E-state index in [4.69, 9.17) is 0 Å². The minimum Gasteiger partial charge on any atom is -0.323 e. The molecule has 9 heteroatoms. The van der Waals surface area contributed by atoms with Crippen LogP contribution in [0.15, 0.2) is 55.5 Å². The van der Waals surface area contributed by atoms with E-state index in [9.17, 15) is 0 Å². The summed E-state index contributed by atoms with van der Waals surface area (Å²) in [7, 11) is 0. The van der Waals surface area contributed by atoms with Gasteiger partial charge < -0.3 is 5.32 Å². The van der Waals surface area contributed by atoms with Crippen molar-refractivity contribution in [2.75, 3.05) is 5.32 Å². The number of anilines is 2. The summed E-state index contributed by atoms with van der Waals surface area (Å²) in [6, 6.07) is 3.65. The summed E-state index contributed by atoms with van der Waals surface area (Å²) in [5.74, 6) is 2.30. The molecule has 0 amide bonds. The van der Waals surface area contributed by atoms with Crippen LogP contribution in [-0.4, -0.2) is 39.5 Å². The van der Waals surface area contributed by atoms with Crippen LogP contribution < -0.4 is 5.32 Å². The zero-order chi connectivity index (χ0) is 18.4. The van der Waals surface area contributed by atoms with E-state index in [-0.39, 0.29) is 0 Å². The molecule has 0 saturated carbocycles. The van der Waals surface area contributed by atoms with E-state index in [0.29, 0.717) is 23.4 Å². The largest absolute Gasteiger partial charge is 0.323 e. The Balaban J connectivity index is 0.000000948. The average molecular weight is 349 g/mol. The zero-order valence-corrected chi connectivity index (χ0v) is 14.8. The number of aromatic nitrogens is 8. The van der Waals surface area contributed by atoms with E-state index in [2.05, 4.69) is 35.5 Å². The van der Waals surface area contributed by atoms with Crippen LogP contribution in [0.2, 0.25) is 0 Å². The molecule has 0 bridgehead atoms. The highest BCUT2D eigenvalue weighted by atomic mass is 15.4. The van der Waals surface area contributed by atoms with Crippen molar-refractivity contribution in [3.05, 3.63) is 61.1 Å². The van der Waals surface area contributed by atoms with Gasteiger partial charge in [0.05, 0.1) is 6.20 Å². The molecule has 0 aliphatic carbocycles. The van der Waals surface area contributed by atoms with E-state index in [1.807, 2.05) is 39.1 Å². The second-order valence-corrected chi connectivity index (χ2v) is 4.94. The third-order valence-electron chi connectivity index (χ3n) is 3.35. The van der Waals surface area contributed by atoms with Gasteiger partial charge in [0, 0.05) is 42.7 Å². The Hall–Kier alpha value is -3.62. The Kier molecular flexibility index (Phi) is 5.28. The van der Waals surface area contributed by atoms with Crippen LogP contribution in [0.5, 0.6) is 0 Å². The smallest absolute Gasteiger partial charge is 0.254 e. The summed E-state index contributed by atoms with van der Waals surface area (Å²) in [6.07, 6.45) is 11.8. The van der Waals surface area contributed by atoms with Crippen molar-refractivity contribution in [1.82, 2.24) is 39.5 Å². The second-order valence-electron chi connectivity index (χ2n) is 4.94. The molecule has 4 aromatic rings.